The van der Waals surface area contributed by atoms with Crippen molar-refractivity contribution in [3.8, 4) is 17.0 Å². The Labute approximate surface area is 229 Å². The molecule has 1 unspecified atom stereocenters. The van der Waals surface area contributed by atoms with Crippen LogP contribution in [0.25, 0.3) is 22.0 Å². The van der Waals surface area contributed by atoms with Gasteiger partial charge < -0.3 is 0 Å². The molecule has 1 atom stereocenters. The van der Waals surface area contributed by atoms with E-state index in [2.05, 4.69) is 63.4 Å². The first-order chi connectivity index (χ1) is 18.0. The first kappa shape index (κ1) is 25.8. The second-order valence-corrected chi connectivity index (χ2v) is 16.6. The van der Waals surface area contributed by atoms with Gasteiger partial charge in [0.25, 0.3) is 0 Å². The number of nitrogens with zero attached hydrogens (tertiary/aromatic N) is 2. The zero-order valence-corrected chi connectivity index (χ0v) is 24.3. The molecule has 0 saturated carbocycles. The Morgan fingerprint density at radius 2 is 1.81 bits per heavy atom. The Balaban J connectivity index is 1.76. The van der Waals surface area contributed by atoms with Gasteiger partial charge >= 0.3 is 225 Å². The molecule has 0 fully saturated rings. The van der Waals surface area contributed by atoms with E-state index < -0.39 is 25.4 Å². The molecular weight excluding hydrogens is 591 g/mol. The average molecular weight is 623 g/mol. The molecule has 3 heterocycles. The molecule has 1 N–H and O–H groups in total. The zero-order chi connectivity index (χ0) is 25.8. The fourth-order valence-corrected chi connectivity index (χ4v) is 7.41. The number of alkyl halides is 3. The van der Waals surface area contributed by atoms with Crippen molar-refractivity contribution in [2.24, 2.45) is 0 Å². The van der Waals surface area contributed by atoms with Crippen LogP contribution in [-0.2, 0) is 12.0 Å². The summed E-state index contributed by atoms with van der Waals surface area (Å²) in [5.41, 5.74) is 4.73. The maximum absolute atomic E-state index is 12.5. The Bertz CT molecular complexity index is 1470. The number of aromatic nitrogens is 2. The molecule has 0 aliphatic heterocycles. The molecule has 3 aromatic heterocycles. The Morgan fingerprint density at radius 1 is 0.973 bits per heavy atom. The molecular formula is C31H31IN2O2S. The molecule has 2 aromatic carbocycles. The summed E-state index contributed by atoms with van der Waals surface area (Å²) in [6.45, 7) is 0. The third-order valence-corrected chi connectivity index (χ3v) is 10.3. The van der Waals surface area contributed by atoms with Gasteiger partial charge in [0.15, 0.2) is 0 Å². The van der Waals surface area contributed by atoms with Gasteiger partial charge in [-0.3, -0.25) is 0 Å². The summed E-state index contributed by atoms with van der Waals surface area (Å²) in [5.74, 6) is 0.597. The van der Waals surface area contributed by atoms with Gasteiger partial charge in [-0.25, -0.2) is 0 Å². The number of hydrogen-bond acceptors (Lipinski definition) is 5. The monoisotopic (exact) mass is 622 g/mol. The minimum atomic E-state index is -1.13. The predicted molar refractivity (Wildman–Crippen MR) is 163 cm³/mol. The number of fused-ring (bicyclic) bond motifs is 1. The second-order valence-electron chi connectivity index (χ2n) is 9.35. The van der Waals surface area contributed by atoms with Gasteiger partial charge in [0, 0.05) is 0 Å². The average Bonchev–Trinajstić information content (AvgIpc) is 3.48. The van der Waals surface area contributed by atoms with Gasteiger partial charge in [0.2, 0.25) is 0 Å². The van der Waals surface area contributed by atoms with Crippen molar-refractivity contribution in [2.45, 2.75) is 18.4 Å². The molecule has 0 saturated heterocycles. The molecule has 37 heavy (non-hydrogen) atoms. The number of benzene rings is 2. The first-order valence-corrected chi connectivity index (χ1v) is 18.9. The molecule has 0 spiro atoms. The zero-order valence-electron chi connectivity index (χ0n) is 21.3. The Hall–Kier alpha value is -2.81. The van der Waals surface area contributed by atoms with Crippen LogP contribution < -0.4 is 4.74 Å². The van der Waals surface area contributed by atoms with Gasteiger partial charge in [-0.2, -0.15) is 0 Å². The number of ether oxygens (including phenoxy) is 1. The molecule has 190 valence electrons. The van der Waals surface area contributed by atoms with E-state index in [0.717, 1.165) is 42.5 Å². The number of aliphatic hydroxyl groups is 1. The van der Waals surface area contributed by atoms with Crippen LogP contribution >= 0.6 is 31.2 Å². The van der Waals surface area contributed by atoms with Crippen molar-refractivity contribution in [3.63, 3.8) is 0 Å². The van der Waals surface area contributed by atoms with Gasteiger partial charge in [0.1, 0.15) is 0 Å². The van der Waals surface area contributed by atoms with E-state index in [1.54, 1.807) is 24.6 Å². The van der Waals surface area contributed by atoms with E-state index >= 15 is 0 Å². The predicted octanol–water partition coefficient (Wildman–Crippen LogP) is 7.35. The van der Waals surface area contributed by atoms with E-state index in [-0.39, 0.29) is 0 Å². The molecule has 5 rings (SSSR count). The molecule has 4 nitrogen and oxygen atoms in total. The van der Waals surface area contributed by atoms with E-state index in [0.29, 0.717) is 18.7 Å². The van der Waals surface area contributed by atoms with E-state index in [1.165, 1.54) is 5.56 Å². The molecule has 0 aliphatic rings. The van der Waals surface area contributed by atoms with Gasteiger partial charge in [-0.15, -0.1) is 0 Å². The Kier molecular flexibility index (Phi) is 7.88. The van der Waals surface area contributed by atoms with Crippen LogP contribution in [0.5, 0.6) is 5.88 Å². The summed E-state index contributed by atoms with van der Waals surface area (Å²) in [7, 11) is 1.67. The molecule has 0 amide bonds. The third kappa shape index (κ3) is 5.56. The van der Waals surface area contributed by atoms with Crippen LogP contribution in [0.4, 0.5) is 0 Å². The summed E-state index contributed by atoms with van der Waals surface area (Å²) in [5, 5.41) is 15.5. The summed E-state index contributed by atoms with van der Waals surface area (Å²) in [6, 6.07) is 24.9. The van der Waals surface area contributed by atoms with E-state index in [4.69, 9.17) is 9.72 Å². The Morgan fingerprint density at radius 3 is 2.49 bits per heavy atom. The number of rotatable bonds is 9. The maximum atomic E-state index is 12.5. The topological polar surface area (TPSA) is 55.2 Å². The van der Waals surface area contributed by atoms with Crippen molar-refractivity contribution < 1.29 is 9.84 Å². The van der Waals surface area contributed by atoms with Gasteiger partial charge in [0.05, 0.1) is 0 Å². The summed E-state index contributed by atoms with van der Waals surface area (Å²) in [4.78, 5) is 15.0. The normalized spacial score (nSPS) is 13.4. The quantitative estimate of drug-likeness (QED) is 0.138. The molecule has 5 aromatic rings. The molecule has 0 bridgehead atoms. The summed E-state index contributed by atoms with van der Waals surface area (Å²) in [6.07, 6.45) is 5.05. The van der Waals surface area contributed by atoms with Crippen molar-refractivity contribution in [1.82, 2.24) is 9.97 Å². The fourth-order valence-electron chi connectivity index (χ4n) is 4.68. The number of pyridine rings is 2. The number of thiophene rings is 1. The summed E-state index contributed by atoms with van der Waals surface area (Å²) < 4.78 is 6.85. The van der Waals surface area contributed by atoms with Gasteiger partial charge in [-0.1, -0.05) is 6.07 Å². The molecule has 0 radical (unpaired) electrons. The van der Waals surface area contributed by atoms with Crippen LogP contribution in [0.3, 0.4) is 0 Å². The molecule has 0 aliphatic carbocycles. The third-order valence-electron chi connectivity index (χ3n) is 6.59. The summed E-state index contributed by atoms with van der Waals surface area (Å²) >= 11 is 0.516. The van der Waals surface area contributed by atoms with Crippen LogP contribution in [-0.4, -0.2) is 36.5 Å². The number of hydrogen-bond donors (Lipinski definition) is 1. The van der Waals surface area contributed by atoms with E-state index in [9.17, 15) is 5.11 Å². The van der Waals surface area contributed by atoms with Gasteiger partial charge in [-0.05, 0) is 0 Å². The SMILES string of the molecule is COc1nc2c(C(O)(CCI(C)C)c3cccs3)cc(-c3cccnc3)cc2cc1Cc1ccccc1. The van der Waals surface area contributed by atoms with Crippen molar-refractivity contribution in [2.75, 3.05) is 21.4 Å². The number of methoxy groups -OCH3 is 1. The van der Waals surface area contributed by atoms with Crippen LogP contribution in [0.2, 0.25) is 0 Å². The molecule has 6 heteroatoms. The second kappa shape index (κ2) is 11.3. The fraction of sp³-hybridized carbons (Fsp3) is 0.226. The van der Waals surface area contributed by atoms with Crippen molar-refractivity contribution in [1.29, 1.82) is 0 Å². The van der Waals surface area contributed by atoms with Crippen LogP contribution in [0, 0.1) is 0 Å². The van der Waals surface area contributed by atoms with Crippen LogP contribution in [0.15, 0.2) is 90.6 Å². The standard InChI is InChI=1S/C31H31IN2O2S/c1-32(2)14-13-31(35,28-12-8-16-37-28)27-20-24(23-11-7-15-33-21-23)18-25-19-26(30(36-3)34-29(25)27)17-22-9-5-4-6-10-22/h4-12,15-16,18-21,35H,13-14,17H2,1-3H3. The first-order valence-electron chi connectivity index (χ1n) is 12.2. The number of halogens is 1. The van der Waals surface area contributed by atoms with Crippen LogP contribution in [0.1, 0.15) is 28.0 Å². The van der Waals surface area contributed by atoms with E-state index in [1.807, 2.05) is 35.8 Å². The van der Waals surface area contributed by atoms with Crippen molar-refractivity contribution >= 4 is 42.1 Å². The minimum absolute atomic E-state index is 0.597. The van der Waals surface area contributed by atoms with Crippen molar-refractivity contribution in [3.05, 3.63) is 112 Å².